The zero-order chi connectivity index (χ0) is 68.9. The Balaban J connectivity index is 0.000000195. The van der Waals surface area contributed by atoms with E-state index in [0.29, 0.717) is 76.6 Å². The normalized spacial score (nSPS) is 33.0. The molecule has 4 aliphatic heterocycles. The lowest BCUT2D eigenvalue weighted by Crippen LogP contribution is -2.54. The number of aliphatic hydroxyl groups excluding tert-OH is 2. The number of fused-ring (bicyclic) bond motifs is 8. The van der Waals surface area contributed by atoms with Crippen LogP contribution in [0.5, 0.6) is 11.5 Å². The van der Waals surface area contributed by atoms with Crippen molar-refractivity contribution < 1.29 is 55.6 Å². The summed E-state index contributed by atoms with van der Waals surface area (Å²) >= 11 is 12.9. The summed E-state index contributed by atoms with van der Waals surface area (Å²) in [6.45, 7) is 18.9. The Morgan fingerprint density at radius 3 is 1.33 bits per heavy atom. The molecular formula is C76H102Cl2N4O12S2. The van der Waals surface area contributed by atoms with Crippen molar-refractivity contribution in [1.29, 1.82) is 0 Å². The van der Waals surface area contributed by atoms with Gasteiger partial charge in [-0.3, -0.25) is 9.59 Å². The van der Waals surface area contributed by atoms with Gasteiger partial charge in [-0.1, -0.05) is 101 Å². The summed E-state index contributed by atoms with van der Waals surface area (Å²) in [5.74, 6) is 0.474. The Morgan fingerprint density at radius 2 is 0.979 bits per heavy atom. The molecule has 2 fully saturated rings. The van der Waals surface area contributed by atoms with Gasteiger partial charge in [0.25, 0.3) is 11.8 Å². The highest BCUT2D eigenvalue weighted by molar-refractivity contribution is 7.91. The number of nitrogens with zero attached hydrogens (tertiary/aromatic N) is 2. The van der Waals surface area contributed by atoms with Gasteiger partial charge in [-0.2, -0.15) is 0 Å². The number of nitrogens with one attached hydrogen (secondary N) is 2. The van der Waals surface area contributed by atoms with Crippen molar-refractivity contribution >= 4 is 66.4 Å². The molecule has 4 aliphatic carbocycles. The fraction of sp³-hybridized carbons (Fsp3) is 0.605. The van der Waals surface area contributed by atoms with E-state index >= 15 is 0 Å². The SMILES string of the molecule is CO[C@]1(C[C@@H](O)C(C)C)/C=C/C[C@H](C)[C@@H](C)S(=O)(=O)NC(=O)c2ccc3c(c2)N(C[C@@H]2CC[C@H]21)C[C@@]1(CCCc2cc(Cl)ccc21)CO3.CO[C@]1(C[C@H](O)C(C)C)/C=C/C[C@H](C)[C@@H](C)S(=O)(=O)NC(=O)c2ccc3c(c2)N(C[C@@H]2CC[C@H]21)C[C@@]1(CCCc2cc(Cl)ccc21)CO3. The summed E-state index contributed by atoms with van der Waals surface area (Å²) in [5, 5.41) is 22.3. The molecule has 0 saturated heterocycles. The number of carbonyl (C=O) groups excluding carboxylic acids is 2. The minimum Gasteiger partial charge on any atom is -0.490 e. The molecule has 0 unspecified atom stereocenters. The molecule has 20 heteroatoms. The standard InChI is InChI=1S/2C38H51ClN2O6S/c2*1-24(2)34(42)20-38(46-5)17-6-8-25(3)26(4)48(44,45)40-36(43)28-11-15-35-33(19-28)41(21-29-10-13-32(29)38)22-37(23-47-35)16-7-9-27-18-30(39)12-14-31(27)37/h2*6,11-12,14-15,17-19,24-26,29,32,34,42H,7-10,13,16,20-23H2,1-5H3,(H,40,43)/b2*17-6+/t25-,26+,29-,32+,34+,37-,38-;25-,26+,29-,32+,34-,37-,38-/m00/s1. The molecular weight excluding hydrogens is 1300 g/mol. The number of aliphatic hydroxyl groups is 2. The lowest BCUT2D eigenvalue weighted by molar-refractivity contribution is -0.103. The third kappa shape index (κ3) is 14.6. The van der Waals surface area contributed by atoms with Crippen LogP contribution >= 0.6 is 23.2 Å². The molecule has 96 heavy (non-hydrogen) atoms. The second-order valence-corrected chi connectivity index (χ2v) is 35.4. The third-order valence-corrected chi connectivity index (χ3v) is 28.1. The number of allylic oxidation sites excluding steroid dienone is 2. The second-order valence-electron chi connectivity index (χ2n) is 30.4. The number of hydrogen-bond acceptors (Lipinski definition) is 14. The zero-order valence-electron chi connectivity index (χ0n) is 57.8. The fourth-order valence-corrected chi connectivity index (χ4v) is 19.8. The topological polar surface area (TPSA) is 210 Å². The lowest BCUT2D eigenvalue weighted by Gasteiger charge is -2.51. The van der Waals surface area contributed by atoms with E-state index in [2.05, 4.69) is 55.7 Å². The van der Waals surface area contributed by atoms with Gasteiger partial charge >= 0.3 is 0 Å². The monoisotopic (exact) mass is 1400 g/mol. The van der Waals surface area contributed by atoms with Gasteiger partial charge in [-0.05, 0) is 221 Å². The van der Waals surface area contributed by atoms with Crippen molar-refractivity contribution in [2.24, 2.45) is 47.3 Å². The average Bonchev–Trinajstić information content (AvgIpc) is 1.39. The number of aryl methyl sites for hydroxylation is 2. The van der Waals surface area contributed by atoms with Crippen molar-refractivity contribution in [2.45, 2.75) is 190 Å². The molecule has 4 heterocycles. The first-order chi connectivity index (χ1) is 45.5. The van der Waals surface area contributed by atoms with E-state index in [1.165, 1.54) is 22.3 Å². The van der Waals surface area contributed by atoms with Gasteiger partial charge in [0.2, 0.25) is 20.0 Å². The first-order valence-electron chi connectivity index (χ1n) is 35.1. The highest BCUT2D eigenvalue weighted by atomic mass is 35.5. The molecule has 524 valence electrons. The molecule has 0 radical (unpaired) electrons. The number of ether oxygens (including phenoxy) is 4. The Bertz CT molecular complexity index is 3570. The molecule has 14 atom stereocenters. The molecule has 8 aliphatic rings. The lowest BCUT2D eigenvalue weighted by atomic mass is 9.62. The predicted octanol–water partition coefficient (Wildman–Crippen LogP) is 13.4. The number of rotatable bonds is 8. The molecule has 4 aromatic rings. The van der Waals surface area contributed by atoms with Crippen molar-refractivity contribution in [3.63, 3.8) is 0 Å². The molecule has 12 rings (SSSR count). The van der Waals surface area contributed by atoms with Crippen LogP contribution in [0, 0.1) is 47.3 Å². The summed E-state index contributed by atoms with van der Waals surface area (Å²) < 4.78 is 84.6. The fourth-order valence-electron chi connectivity index (χ4n) is 16.9. The molecule has 2 amide bonds. The molecule has 2 spiro atoms. The number of benzene rings is 4. The molecule has 16 nitrogen and oxygen atoms in total. The Hall–Kier alpha value is -5.18. The first kappa shape index (κ1) is 72.1. The van der Waals surface area contributed by atoms with Crippen LogP contribution < -0.4 is 28.7 Å². The quantitative estimate of drug-likeness (QED) is 0.121. The molecule has 4 bridgehead atoms. The minimum absolute atomic E-state index is 0.0600. The number of sulfonamides is 2. The van der Waals surface area contributed by atoms with Crippen LogP contribution in [-0.2, 0) is 53.2 Å². The Morgan fingerprint density at radius 1 is 0.583 bits per heavy atom. The average molecular weight is 1400 g/mol. The van der Waals surface area contributed by atoms with Crippen molar-refractivity contribution in [1.82, 2.24) is 9.44 Å². The maximum absolute atomic E-state index is 13.5. The maximum atomic E-state index is 13.5. The van der Waals surface area contributed by atoms with E-state index in [-0.39, 0.29) is 69.3 Å². The number of carbonyl (C=O) groups is 2. The van der Waals surface area contributed by atoms with Crippen LogP contribution in [0.3, 0.4) is 0 Å². The van der Waals surface area contributed by atoms with E-state index in [0.717, 1.165) is 85.6 Å². The zero-order valence-corrected chi connectivity index (χ0v) is 60.9. The van der Waals surface area contributed by atoms with Crippen LogP contribution in [0.15, 0.2) is 97.1 Å². The van der Waals surface area contributed by atoms with Crippen molar-refractivity contribution in [3.05, 3.63) is 141 Å². The Kier molecular flexibility index (Phi) is 21.6. The van der Waals surface area contributed by atoms with Gasteiger partial charge < -0.3 is 39.0 Å². The summed E-state index contributed by atoms with van der Waals surface area (Å²) in [4.78, 5) is 31.8. The molecule has 4 aromatic carbocycles. The second kappa shape index (κ2) is 28.8. The molecule has 4 N–H and O–H groups in total. The number of amides is 2. The number of anilines is 2. The van der Waals surface area contributed by atoms with E-state index in [4.69, 9.17) is 42.1 Å². The van der Waals surface area contributed by atoms with Gasteiger partial charge in [-0.15, -0.1) is 0 Å². The van der Waals surface area contributed by atoms with Gasteiger partial charge in [0.05, 0.1) is 58.5 Å². The predicted molar refractivity (Wildman–Crippen MR) is 381 cm³/mol. The third-order valence-electron chi connectivity index (χ3n) is 23.8. The van der Waals surface area contributed by atoms with Gasteiger partial charge in [0, 0.05) is 85.2 Å². The Labute approximate surface area is 580 Å². The van der Waals surface area contributed by atoms with E-state index in [1.54, 1.807) is 52.3 Å². The number of halogens is 2. The van der Waals surface area contributed by atoms with E-state index in [1.807, 2.05) is 78.0 Å². The maximum Gasteiger partial charge on any atom is 0.264 e. The van der Waals surface area contributed by atoms with Crippen molar-refractivity contribution in [3.8, 4) is 11.5 Å². The van der Waals surface area contributed by atoms with Gasteiger partial charge in [0.15, 0.2) is 0 Å². The summed E-state index contributed by atoms with van der Waals surface area (Å²) in [7, 11) is -4.47. The van der Waals surface area contributed by atoms with Crippen LogP contribution in [0.1, 0.15) is 175 Å². The van der Waals surface area contributed by atoms with Crippen LogP contribution in [0.25, 0.3) is 0 Å². The van der Waals surface area contributed by atoms with E-state index < -0.39 is 65.8 Å². The summed E-state index contributed by atoms with van der Waals surface area (Å²) in [5.41, 5.74) is 5.14. The largest absolute Gasteiger partial charge is 0.490 e. The van der Waals surface area contributed by atoms with Gasteiger partial charge in [0.1, 0.15) is 11.5 Å². The van der Waals surface area contributed by atoms with E-state index in [9.17, 15) is 36.6 Å². The summed E-state index contributed by atoms with van der Waals surface area (Å²) in [6, 6.07) is 22.9. The highest BCUT2D eigenvalue weighted by Crippen LogP contribution is 2.53. The summed E-state index contributed by atoms with van der Waals surface area (Å²) in [6.07, 6.45) is 18.8. The van der Waals surface area contributed by atoms with Crippen LogP contribution in [0.4, 0.5) is 11.4 Å². The molecule has 0 aromatic heterocycles. The molecule has 2 saturated carbocycles. The smallest absolute Gasteiger partial charge is 0.264 e. The van der Waals surface area contributed by atoms with Crippen molar-refractivity contribution in [2.75, 3.05) is 63.4 Å². The highest BCUT2D eigenvalue weighted by Gasteiger charge is 2.52. The van der Waals surface area contributed by atoms with Crippen LogP contribution in [-0.4, -0.2) is 126 Å². The first-order valence-corrected chi connectivity index (χ1v) is 38.9. The minimum atomic E-state index is -3.97. The number of methoxy groups -OCH3 is 2. The van der Waals surface area contributed by atoms with Gasteiger partial charge in [-0.25, -0.2) is 26.3 Å². The number of hydrogen-bond donors (Lipinski definition) is 4. The van der Waals surface area contributed by atoms with Crippen LogP contribution in [0.2, 0.25) is 10.0 Å².